The monoisotopic (exact) mass is 268 g/mol. The molecule has 3 unspecified atom stereocenters. The van der Waals surface area contributed by atoms with Crippen LogP contribution in [0.25, 0.3) is 0 Å². The highest BCUT2D eigenvalue weighted by Gasteiger charge is 2.46. The zero-order chi connectivity index (χ0) is 14.0. The molecule has 19 heavy (non-hydrogen) atoms. The van der Waals surface area contributed by atoms with E-state index in [-0.39, 0.29) is 24.0 Å². The van der Waals surface area contributed by atoms with Crippen LogP contribution < -0.4 is 5.32 Å². The van der Waals surface area contributed by atoms with Gasteiger partial charge >= 0.3 is 0 Å². The minimum absolute atomic E-state index is 0.0250. The van der Waals surface area contributed by atoms with E-state index < -0.39 is 5.54 Å². The fourth-order valence-corrected chi connectivity index (χ4v) is 2.87. The van der Waals surface area contributed by atoms with E-state index in [1.165, 1.54) is 0 Å². The molecule has 2 fully saturated rings. The molecule has 2 aliphatic rings. The summed E-state index contributed by atoms with van der Waals surface area (Å²) in [4.78, 5) is 26.6. The van der Waals surface area contributed by atoms with E-state index in [1.54, 1.807) is 4.90 Å². The molecule has 2 rings (SSSR count). The molecule has 0 spiro atoms. The summed E-state index contributed by atoms with van der Waals surface area (Å²) in [5, 5.41) is 2.88. The lowest BCUT2D eigenvalue weighted by Crippen LogP contribution is -2.69. The second-order valence-electron chi connectivity index (χ2n) is 5.69. The van der Waals surface area contributed by atoms with Crippen LogP contribution in [0.5, 0.6) is 0 Å². The van der Waals surface area contributed by atoms with E-state index in [2.05, 4.69) is 5.32 Å². The zero-order valence-corrected chi connectivity index (χ0v) is 12.1. The van der Waals surface area contributed by atoms with E-state index in [1.807, 2.05) is 20.8 Å². The first-order valence-corrected chi connectivity index (χ1v) is 7.26. The Labute approximate surface area is 114 Å². The summed E-state index contributed by atoms with van der Waals surface area (Å²) in [6, 6.07) is -0.351. The van der Waals surface area contributed by atoms with Crippen molar-refractivity contribution < 1.29 is 14.3 Å². The van der Waals surface area contributed by atoms with Gasteiger partial charge in [0.1, 0.15) is 11.6 Å². The van der Waals surface area contributed by atoms with Crippen molar-refractivity contribution in [1.82, 2.24) is 10.2 Å². The molecule has 1 N–H and O–H groups in total. The van der Waals surface area contributed by atoms with Gasteiger partial charge in [0, 0.05) is 13.2 Å². The van der Waals surface area contributed by atoms with Crippen LogP contribution >= 0.6 is 0 Å². The Morgan fingerprint density at radius 2 is 2.16 bits per heavy atom. The molecule has 5 nitrogen and oxygen atoms in total. The lowest BCUT2D eigenvalue weighted by molar-refractivity contribution is -0.156. The number of ether oxygens (including phenoxy) is 1. The van der Waals surface area contributed by atoms with Crippen LogP contribution in [-0.2, 0) is 14.3 Å². The van der Waals surface area contributed by atoms with Gasteiger partial charge in [-0.3, -0.25) is 9.59 Å². The van der Waals surface area contributed by atoms with E-state index in [0.29, 0.717) is 19.4 Å². The maximum absolute atomic E-state index is 12.6. The van der Waals surface area contributed by atoms with Gasteiger partial charge < -0.3 is 15.0 Å². The van der Waals surface area contributed by atoms with Gasteiger partial charge in [0.15, 0.2) is 0 Å². The highest BCUT2D eigenvalue weighted by molar-refractivity contribution is 5.99. The summed E-state index contributed by atoms with van der Waals surface area (Å²) in [5.74, 6) is -0.0126. The van der Waals surface area contributed by atoms with Gasteiger partial charge in [-0.1, -0.05) is 13.8 Å². The minimum atomic E-state index is -0.763. The highest BCUT2D eigenvalue weighted by atomic mass is 16.5. The lowest BCUT2D eigenvalue weighted by atomic mass is 9.91. The third-order valence-corrected chi connectivity index (χ3v) is 4.33. The van der Waals surface area contributed by atoms with E-state index >= 15 is 0 Å². The quantitative estimate of drug-likeness (QED) is 0.829. The molecule has 2 amide bonds. The van der Waals surface area contributed by atoms with Crippen molar-refractivity contribution in [2.45, 2.75) is 64.1 Å². The highest BCUT2D eigenvalue weighted by Crippen LogP contribution is 2.25. The normalized spacial score (nSPS) is 35.6. The molecule has 0 aromatic heterocycles. The lowest BCUT2D eigenvalue weighted by Gasteiger charge is -2.44. The molecule has 2 saturated heterocycles. The predicted octanol–water partition coefficient (Wildman–Crippen LogP) is 1.07. The van der Waals surface area contributed by atoms with Crippen molar-refractivity contribution in [2.24, 2.45) is 0 Å². The molecular weight excluding hydrogens is 244 g/mol. The van der Waals surface area contributed by atoms with E-state index in [0.717, 1.165) is 19.4 Å². The standard InChI is InChI=1S/C14H24N2O3/c1-4-11-12(17)15-14(3,5-2)13(18)16(11)9-10-7-6-8-19-10/h10-11H,4-9H2,1-3H3,(H,15,17). The van der Waals surface area contributed by atoms with Crippen LogP contribution in [0.3, 0.4) is 0 Å². The maximum atomic E-state index is 12.6. The van der Waals surface area contributed by atoms with Crippen molar-refractivity contribution in [2.75, 3.05) is 13.2 Å². The number of carbonyl (C=O) groups is 2. The van der Waals surface area contributed by atoms with Gasteiger partial charge in [-0.05, 0) is 32.6 Å². The number of nitrogens with one attached hydrogen (secondary N) is 1. The average molecular weight is 268 g/mol. The second kappa shape index (κ2) is 5.49. The van der Waals surface area contributed by atoms with E-state index in [4.69, 9.17) is 4.74 Å². The first-order chi connectivity index (χ1) is 9.01. The van der Waals surface area contributed by atoms with Crippen molar-refractivity contribution in [3.63, 3.8) is 0 Å². The van der Waals surface area contributed by atoms with Gasteiger partial charge in [0.25, 0.3) is 0 Å². The largest absolute Gasteiger partial charge is 0.376 e. The number of nitrogens with zero attached hydrogens (tertiary/aromatic N) is 1. The molecule has 0 saturated carbocycles. The average Bonchev–Trinajstić information content (AvgIpc) is 2.89. The van der Waals surface area contributed by atoms with Crippen molar-refractivity contribution in [1.29, 1.82) is 0 Å². The van der Waals surface area contributed by atoms with Crippen LogP contribution in [0, 0.1) is 0 Å². The fraction of sp³-hybridized carbons (Fsp3) is 0.857. The van der Waals surface area contributed by atoms with Gasteiger partial charge in [0.2, 0.25) is 11.8 Å². The second-order valence-corrected chi connectivity index (χ2v) is 5.69. The molecule has 0 bridgehead atoms. The molecule has 0 radical (unpaired) electrons. The maximum Gasteiger partial charge on any atom is 0.248 e. The van der Waals surface area contributed by atoms with Gasteiger partial charge in [-0.15, -0.1) is 0 Å². The summed E-state index contributed by atoms with van der Waals surface area (Å²) in [7, 11) is 0. The number of carbonyl (C=O) groups excluding carboxylic acids is 2. The minimum Gasteiger partial charge on any atom is -0.376 e. The van der Waals surface area contributed by atoms with Crippen LogP contribution in [0.15, 0.2) is 0 Å². The number of rotatable bonds is 4. The topological polar surface area (TPSA) is 58.6 Å². The molecule has 5 heteroatoms. The van der Waals surface area contributed by atoms with Gasteiger partial charge in [0.05, 0.1) is 6.10 Å². The molecule has 108 valence electrons. The predicted molar refractivity (Wildman–Crippen MR) is 71.6 cm³/mol. The first-order valence-electron chi connectivity index (χ1n) is 7.26. The Morgan fingerprint density at radius 1 is 1.42 bits per heavy atom. The summed E-state index contributed by atoms with van der Waals surface area (Å²) < 4.78 is 5.61. The number of hydrogen-bond acceptors (Lipinski definition) is 3. The molecule has 2 aliphatic heterocycles. The Bertz CT molecular complexity index is 366. The fourth-order valence-electron chi connectivity index (χ4n) is 2.87. The SMILES string of the molecule is CCC1C(=O)NC(C)(CC)C(=O)N1CC1CCCO1. The van der Waals surface area contributed by atoms with Crippen LogP contribution in [0.2, 0.25) is 0 Å². The zero-order valence-electron chi connectivity index (χ0n) is 12.1. The number of piperazine rings is 1. The van der Waals surface area contributed by atoms with Crippen molar-refractivity contribution in [3.8, 4) is 0 Å². The van der Waals surface area contributed by atoms with Gasteiger partial charge in [-0.25, -0.2) is 0 Å². The van der Waals surface area contributed by atoms with Crippen LogP contribution in [0.1, 0.15) is 46.5 Å². The van der Waals surface area contributed by atoms with Crippen molar-refractivity contribution >= 4 is 11.8 Å². The van der Waals surface area contributed by atoms with E-state index in [9.17, 15) is 9.59 Å². The summed E-state index contributed by atoms with van der Waals surface area (Å²) in [5.41, 5.74) is -0.763. The van der Waals surface area contributed by atoms with Crippen LogP contribution in [-0.4, -0.2) is 47.6 Å². The molecule has 0 aliphatic carbocycles. The first kappa shape index (κ1) is 14.3. The third-order valence-electron chi connectivity index (χ3n) is 4.33. The molecule has 2 heterocycles. The summed E-state index contributed by atoms with van der Waals surface area (Å²) in [6.45, 7) is 6.98. The molecule has 3 atom stereocenters. The smallest absolute Gasteiger partial charge is 0.248 e. The molecule has 0 aromatic rings. The van der Waals surface area contributed by atoms with Crippen molar-refractivity contribution in [3.05, 3.63) is 0 Å². The third kappa shape index (κ3) is 2.61. The molecule has 0 aromatic carbocycles. The number of hydrogen-bond donors (Lipinski definition) is 1. The Hall–Kier alpha value is -1.10. The Balaban J connectivity index is 2.18. The molecular formula is C14H24N2O3. The summed E-state index contributed by atoms with van der Waals surface area (Å²) in [6.07, 6.45) is 3.36. The van der Waals surface area contributed by atoms with Gasteiger partial charge in [-0.2, -0.15) is 0 Å². The summed E-state index contributed by atoms with van der Waals surface area (Å²) >= 11 is 0. The Kier molecular flexibility index (Phi) is 4.13. The Morgan fingerprint density at radius 3 is 2.68 bits per heavy atom. The van der Waals surface area contributed by atoms with Crippen LogP contribution in [0.4, 0.5) is 0 Å². The number of amides is 2.